The molecule has 0 spiro atoms. The molecule has 0 radical (unpaired) electrons. The van der Waals surface area contributed by atoms with E-state index in [0.29, 0.717) is 31.1 Å². The number of ether oxygens (including phenoxy) is 1. The minimum Gasteiger partial charge on any atom is -0.381 e. The van der Waals surface area contributed by atoms with Crippen LogP contribution in [0.4, 0.5) is 0 Å². The summed E-state index contributed by atoms with van der Waals surface area (Å²) in [5.74, 6) is 0.0690. The average Bonchev–Trinajstić information content (AvgIpc) is 3.26. The summed E-state index contributed by atoms with van der Waals surface area (Å²) in [7, 11) is -3.64. The largest absolute Gasteiger partial charge is 0.381 e. The van der Waals surface area contributed by atoms with Crippen LogP contribution in [0, 0.1) is 12.8 Å². The van der Waals surface area contributed by atoms with Gasteiger partial charge in [-0.15, -0.1) is 0 Å². The first-order valence-electron chi connectivity index (χ1n) is 7.38. The van der Waals surface area contributed by atoms with Crippen LogP contribution in [-0.4, -0.2) is 34.1 Å². The second kappa shape index (κ2) is 7.21. The first-order valence-corrected chi connectivity index (χ1v) is 8.86. The van der Waals surface area contributed by atoms with Crippen LogP contribution in [0.2, 0.25) is 0 Å². The third-order valence-electron chi connectivity index (χ3n) is 3.59. The van der Waals surface area contributed by atoms with Gasteiger partial charge >= 0.3 is 0 Å². The standard InChI is InChI=1S/C15H22N2O4S/c1-11-3-6-13(9-14(11)15(16)18)22(19,20)17-7-2-8-21-10-12-4-5-12/h3,6,9,12,17H,2,4-5,7-8,10H2,1H3,(H2,16,18). The smallest absolute Gasteiger partial charge is 0.249 e. The van der Waals surface area contributed by atoms with Crippen molar-refractivity contribution < 1.29 is 17.9 Å². The van der Waals surface area contributed by atoms with E-state index in [2.05, 4.69) is 4.72 Å². The molecule has 0 atom stereocenters. The first-order chi connectivity index (χ1) is 10.4. The Labute approximate surface area is 131 Å². The Morgan fingerprint density at radius 2 is 2.14 bits per heavy atom. The number of carbonyl (C=O) groups is 1. The second-order valence-corrected chi connectivity index (χ2v) is 7.38. The van der Waals surface area contributed by atoms with Crippen LogP contribution < -0.4 is 10.5 Å². The van der Waals surface area contributed by atoms with Gasteiger partial charge in [0.1, 0.15) is 0 Å². The monoisotopic (exact) mass is 326 g/mol. The predicted octanol–water partition coefficient (Wildman–Crippen LogP) is 1.19. The number of rotatable bonds is 9. The normalized spacial score (nSPS) is 15.0. The molecule has 1 aliphatic rings. The van der Waals surface area contributed by atoms with E-state index in [9.17, 15) is 13.2 Å². The van der Waals surface area contributed by atoms with Crippen molar-refractivity contribution in [1.29, 1.82) is 0 Å². The van der Waals surface area contributed by atoms with Gasteiger partial charge in [0.25, 0.3) is 0 Å². The van der Waals surface area contributed by atoms with Crippen LogP contribution in [0.3, 0.4) is 0 Å². The molecule has 3 N–H and O–H groups in total. The van der Waals surface area contributed by atoms with Crippen molar-refractivity contribution in [3.05, 3.63) is 29.3 Å². The van der Waals surface area contributed by atoms with Gasteiger partial charge in [0.05, 0.1) is 4.90 Å². The molecule has 0 aromatic heterocycles. The van der Waals surface area contributed by atoms with Gasteiger partial charge < -0.3 is 10.5 Å². The molecule has 6 nitrogen and oxygen atoms in total. The fraction of sp³-hybridized carbons (Fsp3) is 0.533. The zero-order chi connectivity index (χ0) is 16.2. The van der Waals surface area contributed by atoms with Crippen LogP contribution in [0.25, 0.3) is 0 Å². The van der Waals surface area contributed by atoms with Crippen molar-refractivity contribution in [1.82, 2.24) is 4.72 Å². The molecule has 0 saturated heterocycles. The fourth-order valence-electron chi connectivity index (χ4n) is 2.03. The molecule has 22 heavy (non-hydrogen) atoms. The Balaban J connectivity index is 1.86. The topological polar surface area (TPSA) is 98.5 Å². The quantitative estimate of drug-likeness (QED) is 0.666. The van der Waals surface area contributed by atoms with E-state index in [0.717, 1.165) is 6.61 Å². The van der Waals surface area contributed by atoms with Crippen LogP contribution in [-0.2, 0) is 14.8 Å². The number of primary amides is 1. The van der Waals surface area contributed by atoms with Gasteiger partial charge in [0.15, 0.2) is 0 Å². The summed E-state index contributed by atoms with van der Waals surface area (Å²) in [4.78, 5) is 11.3. The van der Waals surface area contributed by atoms with Crippen LogP contribution >= 0.6 is 0 Å². The van der Waals surface area contributed by atoms with E-state index in [-0.39, 0.29) is 10.5 Å². The Kier molecular flexibility index (Phi) is 5.55. The highest BCUT2D eigenvalue weighted by Gasteiger charge is 2.21. The van der Waals surface area contributed by atoms with Crippen LogP contribution in [0.1, 0.15) is 35.2 Å². The molecule has 122 valence electrons. The van der Waals surface area contributed by atoms with Crippen molar-refractivity contribution in [2.45, 2.75) is 31.1 Å². The molecule has 1 aliphatic carbocycles. The highest BCUT2D eigenvalue weighted by molar-refractivity contribution is 7.89. The summed E-state index contributed by atoms with van der Waals surface area (Å²) in [6.45, 7) is 3.32. The molecular formula is C15H22N2O4S. The van der Waals surface area contributed by atoms with Gasteiger partial charge in [-0.05, 0) is 49.8 Å². The molecule has 7 heteroatoms. The fourth-order valence-corrected chi connectivity index (χ4v) is 3.13. The third-order valence-corrected chi connectivity index (χ3v) is 5.05. The van der Waals surface area contributed by atoms with E-state index in [1.165, 1.54) is 25.0 Å². The lowest BCUT2D eigenvalue weighted by atomic mass is 10.1. The number of nitrogens with two attached hydrogens (primary N) is 1. The lowest BCUT2D eigenvalue weighted by Gasteiger charge is -2.09. The molecule has 1 fully saturated rings. The van der Waals surface area contributed by atoms with E-state index in [1.807, 2.05) is 0 Å². The summed E-state index contributed by atoms with van der Waals surface area (Å²) < 4.78 is 32.3. The first kappa shape index (κ1) is 16.9. The molecule has 2 rings (SSSR count). The Hall–Kier alpha value is -1.44. The minimum absolute atomic E-state index is 0.0470. The number of sulfonamides is 1. The molecule has 0 heterocycles. The molecule has 1 saturated carbocycles. The Bertz CT molecular complexity index is 639. The lowest BCUT2D eigenvalue weighted by Crippen LogP contribution is -2.26. The van der Waals surface area contributed by atoms with Crippen molar-refractivity contribution in [3.8, 4) is 0 Å². The number of hydrogen-bond acceptors (Lipinski definition) is 4. The van der Waals surface area contributed by atoms with Crippen molar-refractivity contribution >= 4 is 15.9 Å². The van der Waals surface area contributed by atoms with Crippen molar-refractivity contribution in [3.63, 3.8) is 0 Å². The van der Waals surface area contributed by atoms with Gasteiger partial charge in [0.2, 0.25) is 15.9 Å². The minimum atomic E-state index is -3.64. The maximum absolute atomic E-state index is 12.2. The zero-order valence-electron chi connectivity index (χ0n) is 12.7. The maximum atomic E-state index is 12.2. The van der Waals surface area contributed by atoms with Gasteiger partial charge in [-0.25, -0.2) is 13.1 Å². The number of aryl methyl sites for hydroxylation is 1. The van der Waals surface area contributed by atoms with Crippen LogP contribution in [0.5, 0.6) is 0 Å². The molecule has 1 aromatic rings. The van der Waals surface area contributed by atoms with Gasteiger partial charge in [0, 0.05) is 25.3 Å². The van der Waals surface area contributed by atoms with E-state index >= 15 is 0 Å². The number of nitrogens with one attached hydrogen (secondary N) is 1. The van der Waals surface area contributed by atoms with E-state index in [1.54, 1.807) is 13.0 Å². The summed E-state index contributed by atoms with van der Waals surface area (Å²) in [6.07, 6.45) is 3.09. The second-order valence-electron chi connectivity index (χ2n) is 5.61. The van der Waals surface area contributed by atoms with Gasteiger partial charge in [-0.3, -0.25) is 4.79 Å². The summed E-state index contributed by atoms with van der Waals surface area (Å²) in [5, 5.41) is 0. The number of hydrogen-bond donors (Lipinski definition) is 2. The maximum Gasteiger partial charge on any atom is 0.249 e. The Morgan fingerprint density at radius 3 is 2.77 bits per heavy atom. The predicted molar refractivity (Wildman–Crippen MR) is 83.0 cm³/mol. The molecule has 0 unspecified atom stereocenters. The molecule has 1 aromatic carbocycles. The third kappa shape index (κ3) is 4.79. The summed E-state index contributed by atoms with van der Waals surface area (Å²) in [6, 6.07) is 4.35. The van der Waals surface area contributed by atoms with E-state index in [4.69, 9.17) is 10.5 Å². The molecule has 0 aliphatic heterocycles. The molecule has 1 amide bonds. The molecule has 0 bridgehead atoms. The van der Waals surface area contributed by atoms with Crippen molar-refractivity contribution in [2.24, 2.45) is 11.7 Å². The Morgan fingerprint density at radius 1 is 1.41 bits per heavy atom. The van der Waals surface area contributed by atoms with Crippen molar-refractivity contribution in [2.75, 3.05) is 19.8 Å². The van der Waals surface area contributed by atoms with Gasteiger partial charge in [-0.1, -0.05) is 6.07 Å². The highest BCUT2D eigenvalue weighted by Crippen LogP contribution is 2.28. The number of carbonyl (C=O) groups excluding carboxylic acids is 1. The van der Waals surface area contributed by atoms with Gasteiger partial charge in [-0.2, -0.15) is 0 Å². The summed E-state index contributed by atoms with van der Waals surface area (Å²) >= 11 is 0. The number of benzene rings is 1. The zero-order valence-corrected chi connectivity index (χ0v) is 13.5. The van der Waals surface area contributed by atoms with E-state index < -0.39 is 15.9 Å². The number of amides is 1. The van der Waals surface area contributed by atoms with Crippen LogP contribution in [0.15, 0.2) is 23.1 Å². The SMILES string of the molecule is Cc1ccc(S(=O)(=O)NCCCOCC2CC2)cc1C(N)=O. The molecular weight excluding hydrogens is 304 g/mol. The average molecular weight is 326 g/mol. The highest BCUT2D eigenvalue weighted by atomic mass is 32.2. The summed E-state index contributed by atoms with van der Waals surface area (Å²) in [5.41, 5.74) is 6.11. The lowest BCUT2D eigenvalue weighted by molar-refractivity contribution is 0.0999.